The molecule has 0 aliphatic heterocycles. The second-order valence-corrected chi connectivity index (χ2v) is 6.22. The molecule has 0 aliphatic rings. The highest BCUT2D eigenvalue weighted by atomic mass is 79.9. The summed E-state index contributed by atoms with van der Waals surface area (Å²) in [5, 5.41) is 4.01. The lowest BCUT2D eigenvalue weighted by molar-refractivity contribution is 0.0319. The maximum Gasteiger partial charge on any atom is 0.338 e. The molecule has 0 N–H and O–H groups in total. The number of hydrogen-bond donors (Lipinski definition) is 0. The topological polar surface area (TPSA) is 74.1 Å². The van der Waals surface area contributed by atoms with E-state index in [1.165, 1.54) is 6.33 Å². The molecule has 0 aliphatic carbocycles. The van der Waals surface area contributed by atoms with Crippen LogP contribution in [0.5, 0.6) is 0 Å². The number of rotatable bonds is 5. The van der Waals surface area contributed by atoms with Crippen molar-refractivity contribution in [3.05, 3.63) is 76.8 Å². The Kier molecular flexibility index (Phi) is 5.04. The number of nitrogens with zero attached hydrogens (tertiary/aromatic N) is 3. The Morgan fingerprint density at radius 3 is 2.28 bits per heavy atom. The van der Waals surface area contributed by atoms with E-state index in [-0.39, 0.29) is 5.78 Å². The fourth-order valence-corrected chi connectivity index (χ4v) is 2.49. The fraction of sp³-hybridized carbons (Fsp3) is 0.111. The molecule has 0 spiro atoms. The van der Waals surface area contributed by atoms with E-state index in [1.54, 1.807) is 66.5 Å². The summed E-state index contributed by atoms with van der Waals surface area (Å²) in [6, 6.07) is 13.6. The van der Waals surface area contributed by atoms with Crippen LogP contribution in [0.15, 0.2) is 65.7 Å². The van der Waals surface area contributed by atoms with Gasteiger partial charge in [-0.3, -0.25) is 4.79 Å². The van der Waals surface area contributed by atoms with Gasteiger partial charge >= 0.3 is 5.97 Å². The molecule has 0 amide bonds. The third-order valence-corrected chi connectivity index (χ3v) is 4.10. The Hall–Kier alpha value is -2.80. The van der Waals surface area contributed by atoms with Crippen LogP contribution in [0, 0.1) is 0 Å². The van der Waals surface area contributed by atoms with Crippen LogP contribution in [-0.4, -0.2) is 32.6 Å². The van der Waals surface area contributed by atoms with Crippen molar-refractivity contribution in [1.82, 2.24) is 14.8 Å². The average Bonchev–Trinajstić information content (AvgIpc) is 3.16. The van der Waals surface area contributed by atoms with Crippen molar-refractivity contribution in [3.8, 4) is 5.69 Å². The van der Waals surface area contributed by atoms with Gasteiger partial charge in [-0.25, -0.2) is 14.5 Å². The highest BCUT2D eigenvalue weighted by molar-refractivity contribution is 9.10. The third-order valence-electron chi connectivity index (χ3n) is 3.57. The number of esters is 1. The molecule has 6 nitrogen and oxygen atoms in total. The largest absolute Gasteiger partial charge is 0.451 e. The molecule has 0 bridgehead atoms. The van der Waals surface area contributed by atoms with E-state index in [9.17, 15) is 9.59 Å². The van der Waals surface area contributed by atoms with Gasteiger partial charge in [0.05, 0.1) is 11.3 Å². The molecule has 1 aromatic heterocycles. The number of ketones is 1. The predicted molar refractivity (Wildman–Crippen MR) is 94.7 cm³/mol. The first-order valence-electron chi connectivity index (χ1n) is 7.50. The lowest BCUT2D eigenvalue weighted by Crippen LogP contribution is -2.24. The summed E-state index contributed by atoms with van der Waals surface area (Å²) in [6.07, 6.45) is 2.12. The summed E-state index contributed by atoms with van der Waals surface area (Å²) >= 11 is 3.32. The molecule has 1 heterocycles. The molecular weight excluding hydrogens is 386 g/mol. The number of carbonyl (C=O) groups excluding carboxylic acids is 2. The zero-order chi connectivity index (χ0) is 17.8. The second kappa shape index (κ2) is 7.40. The van der Waals surface area contributed by atoms with Gasteiger partial charge in [0.1, 0.15) is 12.7 Å². The Morgan fingerprint density at radius 2 is 1.68 bits per heavy atom. The minimum atomic E-state index is -0.872. The van der Waals surface area contributed by atoms with Crippen LogP contribution in [-0.2, 0) is 4.74 Å². The van der Waals surface area contributed by atoms with E-state index < -0.39 is 12.1 Å². The maximum atomic E-state index is 12.3. The van der Waals surface area contributed by atoms with Crippen LogP contribution in [0.2, 0.25) is 0 Å². The minimum Gasteiger partial charge on any atom is -0.451 e. The molecule has 0 radical (unpaired) electrons. The molecule has 0 fully saturated rings. The molecule has 0 saturated carbocycles. The van der Waals surface area contributed by atoms with Crippen LogP contribution in [0.3, 0.4) is 0 Å². The standard InChI is InChI=1S/C18H14BrN3O3/c1-12(17(23)13-2-6-15(19)7-3-13)25-18(24)14-4-8-16(9-5-14)22-11-20-10-21-22/h2-12H,1H3/t12-/m0/s1. The molecule has 2 aromatic carbocycles. The van der Waals surface area contributed by atoms with E-state index in [2.05, 4.69) is 26.0 Å². The van der Waals surface area contributed by atoms with Crippen molar-refractivity contribution in [2.24, 2.45) is 0 Å². The summed E-state index contributed by atoms with van der Waals surface area (Å²) in [6.45, 7) is 1.56. The molecule has 1 atom stereocenters. The molecule has 3 rings (SSSR count). The second-order valence-electron chi connectivity index (χ2n) is 5.31. The van der Waals surface area contributed by atoms with E-state index in [1.807, 2.05) is 0 Å². The number of carbonyl (C=O) groups is 2. The SMILES string of the molecule is C[C@H](OC(=O)c1ccc(-n2cncn2)cc1)C(=O)c1ccc(Br)cc1. The summed E-state index contributed by atoms with van der Waals surface area (Å²) in [5.41, 5.74) is 1.62. The normalized spacial score (nSPS) is 11.8. The smallest absolute Gasteiger partial charge is 0.338 e. The van der Waals surface area contributed by atoms with E-state index in [0.717, 1.165) is 10.2 Å². The number of halogens is 1. The van der Waals surface area contributed by atoms with E-state index >= 15 is 0 Å². The van der Waals surface area contributed by atoms with Crippen molar-refractivity contribution in [1.29, 1.82) is 0 Å². The lowest BCUT2D eigenvalue weighted by Gasteiger charge is -2.12. The van der Waals surface area contributed by atoms with Crippen molar-refractivity contribution in [2.75, 3.05) is 0 Å². The predicted octanol–water partition coefficient (Wildman–Crippen LogP) is 3.46. The van der Waals surface area contributed by atoms with Gasteiger partial charge in [-0.2, -0.15) is 5.10 Å². The molecule has 126 valence electrons. The molecule has 3 aromatic rings. The van der Waals surface area contributed by atoms with Crippen molar-refractivity contribution >= 4 is 27.7 Å². The van der Waals surface area contributed by atoms with Crippen LogP contribution in [0.25, 0.3) is 5.69 Å². The molecule has 0 unspecified atom stereocenters. The van der Waals surface area contributed by atoms with Gasteiger partial charge in [0.2, 0.25) is 5.78 Å². The van der Waals surface area contributed by atoms with Gasteiger partial charge in [0.15, 0.2) is 6.10 Å². The number of benzene rings is 2. The first-order chi connectivity index (χ1) is 12.0. The molecule has 7 heteroatoms. The number of ether oxygens (including phenoxy) is 1. The molecule has 0 saturated heterocycles. The Morgan fingerprint density at radius 1 is 1.04 bits per heavy atom. The zero-order valence-corrected chi connectivity index (χ0v) is 14.9. The van der Waals surface area contributed by atoms with Gasteiger partial charge in [0.25, 0.3) is 0 Å². The number of hydrogen-bond acceptors (Lipinski definition) is 5. The minimum absolute atomic E-state index is 0.250. The summed E-state index contributed by atoms with van der Waals surface area (Å²) < 4.78 is 7.73. The molecule has 25 heavy (non-hydrogen) atoms. The Labute approximate surface area is 152 Å². The monoisotopic (exact) mass is 399 g/mol. The highest BCUT2D eigenvalue weighted by Crippen LogP contribution is 2.15. The van der Waals surface area contributed by atoms with Crippen molar-refractivity contribution < 1.29 is 14.3 Å². The summed E-state index contributed by atoms with van der Waals surface area (Å²) in [7, 11) is 0. The number of Topliss-reactive ketones (excluding diaryl/α,β-unsaturated/α-hetero) is 1. The first kappa shape index (κ1) is 17.0. The Balaban J connectivity index is 1.67. The zero-order valence-electron chi connectivity index (χ0n) is 13.3. The lowest BCUT2D eigenvalue weighted by atomic mass is 10.1. The van der Waals surface area contributed by atoms with Crippen LogP contribution in [0.1, 0.15) is 27.6 Å². The van der Waals surface area contributed by atoms with Crippen LogP contribution in [0.4, 0.5) is 0 Å². The van der Waals surface area contributed by atoms with Gasteiger partial charge < -0.3 is 4.74 Å². The number of aromatic nitrogens is 3. The molecular formula is C18H14BrN3O3. The first-order valence-corrected chi connectivity index (χ1v) is 8.30. The fourth-order valence-electron chi connectivity index (χ4n) is 2.22. The average molecular weight is 400 g/mol. The van der Waals surface area contributed by atoms with Gasteiger partial charge in [-0.1, -0.05) is 28.1 Å². The third kappa shape index (κ3) is 4.00. The van der Waals surface area contributed by atoms with Gasteiger partial charge in [-0.05, 0) is 43.3 Å². The summed E-state index contributed by atoms with van der Waals surface area (Å²) in [4.78, 5) is 28.4. The van der Waals surface area contributed by atoms with Crippen LogP contribution >= 0.6 is 15.9 Å². The van der Waals surface area contributed by atoms with E-state index in [4.69, 9.17) is 4.74 Å². The quantitative estimate of drug-likeness (QED) is 0.485. The van der Waals surface area contributed by atoms with Crippen molar-refractivity contribution in [2.45, 2.75) is 13.0 Å². The maximum absolute atomic E-state index is 12.3. The summed E-state index contributed by atoms with van der Waals surface area (Å²) in [5.74, 6) is -0.803. The van der Waals surface area contributed by atoms with E-state index in [0.29, 0.717) is 11.1 Å². The Bertz CT molecular complexity index is 875. The highest BCUT2D eigenvalue weighted by Gasteiger charge is 2.20. The van der Waals surface area contributed by atoms with Crippen molar-refractivity contribution in [3.63, 3.8) is 0 Å². The van der Waals surface area contributed by atoms with Gasteiger partial charge in [-0.15, -0.1) is 0 Å². The van der Waals surface area contributed by atoms with Crippen LogP contribution < -0.4 is 0 Å². The van der Waals surface area contributed by atoms with Gasteiger partial charge in [0, 0.05) is 10.0 Å².